The predicted molar refractivity (Wildman–Crippen MR) is 81.8 cm³/mol. The van der Waals surface area contributed by atoms with Crippen LogP contribution in [0.1, 0.15) is 15.9 Å². The molecule has 0 fully saturated rings. The van der Waals surface area contributed by atoms with E-state index in [0.717, 1.165) is 10.4 Å². The molecule has 0 aliphatic heterocycles. The molecule has 2 N–H and O–H groups in total. The van der Waals surface area contributed by atoms with Crippen LogP contribution in [0.4, 0.5) is 5.00 Å². The van der Waals surface area contributed by atoms with Crippen LogP contribution in [0.25, 0.3) is 10.4 Å². The number of hydrogen-bond donors (Lipinski definition) is 1. The van der Waals surface area contributed by atoms with Crippen molar-refractivity contribution in [1.29, 1.82) is 0 Å². The van der Waals surface area contributed by atoms with Gasteiger partial charge in [-0.05, 0) is 23.8 Å². The number of pyridine rings is 1. The van der Waals surface area contributed by atoms with Crippen LogP contribution in [-0.4, -0.2) is 10.8 Å². The number of rotatable bonds is 3. The van der Waals surface area contributed by atoms with Gasteiger partial charge in [0, 0.05) is 22.8 Å². The van der Waals surface area contributed by atoms with Gasteiger partial charge in [-0.25, -0.2) is 0 Å². The second kappa shape index (κ2) is 5.27. The molecule has 0 spiro atoms. The molecule has 3 rings (SSSR count). The number of thiophene rings is 1. The number of nitrogens with two attached hydrogens (primary N) is 1. The van der Waals surface area contributed by atoms with Crippen LogP contribution in [0, 0.1) is 0 Å². The highest BCUT2D eigenvalue weighted by atomic mass is 32.1. The van der Waals surface area contributed by atoms with Crippen molar-refractivity contribution in [3.8, 4) is 10.4 Å². The molecule has 4 heteroatoms. The summed E-state index contributed by atoms with van der Waals surface area (Å²) >= 11 is 1.42. The fourth-order valence-electron chi connectivity index (χ4n) is 1.99. The lowest BCUT2D eigenvalue weighted by Gasteiger charge is -1.98. The Balaban J connectivity index is 2.00. The first-order valence-electron chi connectivity index (χ1n) is 6.15. The highest BCUT2D eigenvalue weighted by molar-refractivity contribution is 7.19. The van der Waals surface area contributed by atoms with Gasteiger partial charge in [0.2, 0.25) is 0 Å². The van der Waals surface area contributed by atoms with Gasteiger partial charge in [-0.3, -0.25) is 9.78 Å². The van der Waals surface area contributed by atoms with Gasteiger partial charge >= 0.3 is 0 Å². The van der Waals surface area contributed by atoms with E-state index in [4.69, 9.17) is 5.73 Å². The van der Waals surface area contributed by atoms with Gasteiger partial charge < -0.3 is 5.73 Å². The number of carbonyl (C=O) groups excluding carboxylic acids is 1. The van der Waals surface area contributed by atoms with E-state index in [9.17, 15) is 4.79 Å². The largest absolute Gasteiger partial charge is 0.390 e. The van der Waals surface area contributed by atoms with Gasteiger partial charge in [-0.1, -0.05) is 30.3 Å². The molecule has 0 saturated carbocycles. The van der Waals surface area contributed by atoms with E-state index in [0.29, 0.717) is 16.1 Å². The Bertz CT molecular complexity index is 736. The molecule has 3 aromatic rings. The Morgan fingerprint density at radius 1 is 1.05 bits per heavy atom. The first-order chi connectivity index (χ1) is 9.75. The van der Waals surface area contributed by atoms with Crippen molar-refractivity contribution in [1.82, 2.24) is 4.98 Å². The molecule has 2 aromatic heterocycles. The number of nitrogens with zero attached hydrogens (tertiary/aromatic N) is 1. The third kappa shape index (κ3) is 2.33. The van der Waals surface area contributed by atoms with E-state index >= 15 is 0 Å². The fraction of sp³-hybridized carbons (Fsp3) is 0. The van der Waals surface area contributed by atoms with Gasteiger partial charge in [0.15, 0.2) is 5.78 Å². The maximum atomic E-state index is 12.4. The monoisotopic (exact) mass is 280 g/mol. The standard InChI is InChI=1S/C16H12N2OS/c17-16-13(15(19)12-4-2-1-3-5-12)10-14(20-16)11-6-8-18-9-7-11/h1-10H,17H2. The first-order valence-corrected chi connectivity index (χ1v) is 6.97. The van der Waals surface area contributed by atoms with Crippen molar-refractivity contribution in [2.24, 2.45) is 0 Å². The molecular formula is C16H12N2OS. The van der Waals surface area contributed by atoms with E-state index in [1.54, 1.807) is 24.5 Å². The SMILES string of the molecule is Nc1sc(-c2ccncc2)cc1C(=O)c1ccccc1. The molecule has 3 nitrogen and oxygen atoms in total. The van der Waals surface area contributed by atoms with Crippen LogP contribution in [0.5, 0.6) is 0 Å². The van der Waals surface area contributed by atoms with Crippen LogP contribution in [0.2, 0.25) is 0 Å². The number of nitrogen functional groups attached to an aromatic ring is 1. The fourth-order valence-corrected chi connectivity index (χ4v) is 2.92. The summed E-state index contributed by atoms with van der Waals surface area (Å²) in [7, 11) is 0. The minimum atomic E-state index is -0.0420. The quantitative estimate of drug-likeness (QED) is 0.745. The first kappa shape index (κ1) is 12.6. The van der Waals surface area contributed by atoms with E-state index < -0.39 is 0 Å². The molecule has 0 aliphatic rings. The number of hydrogen-bond acceptors (Lipinski definition) is 4. The number of benzene rings is 1. The molecule has 98 valence electrons. The van der Waals surface area contributed by atoms with Crippen molar-refractivity contribution in [2.45, 2.75) is 0 Å². The Kier molecular flexibility index (Phi) is 3.31. The molecule has 0 saturated heterocycles. The third-order valence-electron chi connectivity index (χ3n) is 3.01. The molecule has 1 aromatic carbocycles. The number of ketones is 1. The van der Waals surface area contributed by atoms with Gasteiger partial charge in [0.1, 0.15) is 0 Å². The van der Waals surface area contributed by atoms with Crippen LogP contribution < -0.4 is 5.73 Å². The van der Waals surface area contributed by atoms with E-state index in [2.05, 4.69) is 4.98 Å². The molecule has 0 bridgehead atoms. The van der Waals surface area contributed by atoms with Crippen molar-refractivity contribution < 1.29 is 4.79 Å². The lowest BCUT2D eigenvalue weighted by atomic mass is 10.0. The maximum absolute atomic E-state index is 12.4. The Morgan fingerprint density at radius 2 is 1.75 bits per heavy atom. The van der Waals surface area contributed by atoms with Crippen LogP contribution >= 0.6 is 11.3 Å². The van der Waals surface area contributed by atoms with Crippen molar-refractivity contribution in [2.75, 3.05) is 5.73 Å². The Labute approximate surface area is 120 Å². The number of carbonyl (C=O) groups is 1. The predicted octanol–water partition coefficient (Wildman–Crippen LogP) is 3.62. The molecule has 0 amide bonds. The van der Waals surface area contributed by atoms with Gasteiger partial charge in [-0.15, -0.1) is 11.3 Å². The molecule has 20 heavy (non-hydrogen) atoms. The van der Waals surface area contributed by atoms with Crippen molar-refractivity contribution >= 4 is 22.1 Å². The number of anilines is 1. The molecule has 0 radical (unpaired) electrons. The third-order valence-corrected chi connectivity index (χ3v) is 4.02. The summed E-state index contributed by atoms with van der Waals surface area (Å²) in [4.78, 5) is 17.4. The molecule has 0 aliphatic carbocycles. The van der Waals surface area contributed by atoms with E-state index in [1.807, 2.05) is 36.4 Å². The lowest BCUT2D eigenvalue weighted by Crippen LogP contribution is -2.01. The number of aromatic nitrogens is 1. The molecular weight excluding hydrogens is 268 g/mol. The van der Waals surface area contributed by atoms with E-state index in [1.165, 1.54) is 11.3 Å². The molecule has 0 unspecified atom stereocenters. The highest BCUT2D eigenvalue weighted by Gasteiger charge is 2.16. The Hall–Kier alpha value is -2.46. The minimum absolute atomic E-state index is 0.0420. The van der Waals surface area contributed by atoms with Gasteiger partial charge in [0.05, 0.1) is 10.6 Å². The summed E-state index contributed by atoms with van der Waals surface area (Å²) in [6.45, 7) is 0. The van der Waals surface area contributed by atoms with Crippen LogP contribution in [0.15, 0.2) is 60.9 Å². The zero-order chi connectivity index (χ0) is 13.9. The minimum Gasteiger partial charge on any atom is -0.390 e. The summed E-state index contributed by atoms with van der Waals surface area (Å²) in [5.74, 6) is -0.0420. The van der Waals surface area contributed by atoms with Crippen molar-refractivity contribution in [3.63, 3.8) is 0 Å². The van der Waals surface area contributed by atoms with Crippen LogP contribution in [0.3, 0.4) is 0 Å². The zero-order valence-electron chi connectivity index (χ0n) is 10.6. The molecule has 0 atom stereocenters. The second-order valence-electron chi connectivity index (χ2n) is 4.32. The van der Waals surface area contributed by atoms with Crippen LogP contribution in [-0.2, 0) is 0 Å². The van der Waals surface area contributed by atoms with E-state index in [-0.39, 0.29) is 5.78 Å². The summed E-state index contributed by atoms with van der Waals surface area (Å²) in [6.07, 6.45) is 3.45. The topological polar surface area (TPSA) is 56.0 Å². The average molecular weight is 280 g/mol. The normalized spacial score (nSPS) is 10.4. The molecule has 2 heterocycles. The zero-order valence-corrected chi connectivity index (χ0v) is 11.4. The summed E-state index contributed by atoms with van der Waals surface area (Å²) in [5.41, 5.74) is 8.23. The second-order valence-corrected chi connectivity index (χ2v) is 5.40. The van der Waals surface area contributed by atoms with Crippen molar-refractivity contribution in [3.05, 3.63) is 72.1 Å². The summed E-state index contributed by atoms with van der Waals surface area (Å²) in [6, 6.07) is 14.8. The smallest absolute Gasteiger partial charge is 0.195 e. The highest BCUT2D eigenvalue weighted by Crippen LogP contribution is 2.34. The Morgan fingerprint density at radius 3 is 2.45 bits per heavy atom. The average Bonchev–Trinajstić information content (AvgIpc) is 2.90. The van der Waals surface area contributed by atoms with Gasteiger partial charge in [0.25, 0.3) is 0 Å². The van der Waals surface area contributed by atoms with Gasteiger partial charge in [-0.2, -0.15) is 0 Å². The lowest BCUT2D eigenvalue weighted by molar-refractivity contribution is 0.104. The maximum Gasteiger partial charge on any atom is 0.195 e. The summed E-state index contributed by atoms with van der Waals surface area (Å²) < 4.78 is 0. The summed E-state index contributed by atoms with van der Waals surface area (Å²) in [5, 5.41) is 0.547.